The zero-order valence-electron chi connectivity index (χ0n) is 20.3. The third kappa shape index (κ3) is 4.17. The summed E-state index contributed by atoms with van der Waals surface area (Å²) in [6, 6.07) is 10.1. The second-order valence-electron chi connectivity index (χ2n) is 9.34. The van der Waals surface area contributed by atoms with Crippen LogP contribution in [0.4, 0.5) is 29.5 Å². The number of rotatable bonds is 4. The predicted molar refractivity (Wildman–Crippen MR) is 131 cm³/mol. The fourth-order valence-corrected chi connectivity index (χ4v) is 4.77. The van der Waals surface area contributed by atoms with E-state index in [1.807, 2.05) is 0 Å². The molecule has 3 N–H and O–H groups in total. The first kappa shape index (κ1) is 25.0. The summed E-state index contributed by atoms with van der Waals surface area (Å²) in [5.74, 6) is -0.314. The van der Waals surface area contributed by atoms with Gasteiger partial charge in [0.25, 0.3) is 5.91 Å². The van der Waals surface area contributed by atoms with Crippen LogP contribution in [0.3, 0.4) is 0 Å². The SMILES string of the molecule is CC1(C)C(=O)N(c2cccc(-c3cc(-c4ccnn4CC(F)(F)F)c4c(N)ncnn34)c2)CCN1C(=O)O. The molecular weight excluding hydrogens is 505 g/mol. The molecule has 1 aromatic carbocycles. The number of piperazine rings is 1. The minimum absolute atomic E-state index is 0.0684. The fraction of sp³-hybridized carbons (Fsp3) is 0.292. The van der Waals surface area contributed by atoms with Gasteiger partial charge >= 0.3 is 12.3 Å². The summed E-state index contributed by atoms with van der Waals surface area (Å²) >= 11 is 0. The number of carbonyl (C=O) groups is 2. The quantitative estimate of drug-likeness (QED) is 0.414. The molecule has 0 saturated carbocycles. The highest BCUT2D eigenvalue weighted by Crippen LogP contribution is 2.37. The van der Waals surface area contributed by atoms with Gasteiger partial charge in [0.2, 0.25) is 0 Å². The van der Waals surface area contributed by atoms with Crippen LogP contribution in [0.5, 0.6) is 0 Å². The molecule has 5 rings (SSSR count). The third-order valence-corrected chi connectivity index (χ3v) is 6.58. The van der Waals surface area contributed by atoms with Crippen LogP contribution in [0.2, 0.25) is 0 Å². The summed E-state index contributed by atoms with van der Waals surface area (Å²) in [4.78, 5) is 31.5. The highest BCUT2D eigenvalue weighted by molar-refractivity contribution is 6.02. The molecule has 1 fully saturated rings. The molecule has 0 bridgehead atoms. The minimum Gasteiger partial charge on any atom is -0.465 e. The smallest absolute Gasteiger partial charge is 0.408 e. The first-order chi connectivity index (χ1) is 17.9. The number of amides is 2. The van der Waals surface area contributed by atoms with Gasteiger partial charge in [-0.05, 0) is 38.1 Å². The monoisotopic (exact) mass is 528 g/mol. The molecule has 4 heterocycles. The lowest BCUT2D eigenvalue weighted by Crippen LogP contribution is -2.64. The maximum atomic E-state index is 13.3. The van der Waals surface area contributed by atoms with E-state index in [0.29, 0.717) is 28.0 Å². The number of anilines is 2. The van der Waals surface area contributed by atoms with Crippen molar-refractivity contribution < 1.29 is 27.9 Å². The molecular formula is C24H23F3N8O3. The molecule has 11 nitrogen and oxygen atoms in total. The van der Waals surface area contributed by atoms with Crippen molar-refractivity contribution in [2.75, 3.05) is 23.7 Å². The first-order valence-electron chi connectivity index (χ1n) is 11.5. The Hall–Kier alpha value is -4.62. The summed E-state index contributed by atoms with van der Waals surface area (Å²) < 4.78 is 41.8. The molecule has 0 unspecified atom stereocenters. The molecule has 0 atom stereocenters. The van der Waals surface area contributed by atoms with Crippen LogP contribution in [-0.2, 0) is 11.3 Å². The van der Waals surface area contributed by atoms with Crippen molar-refractivity contribution in [3.05, 3.63) is 48.9 Å². The molecule has 1 aliphatic rings. The Bertz CT molecular complexity index is 1560. The van der Waals surface area contributed by atoms with Crippen LogP contribution in [-0.4, -0.2) is 71.2 Å². The van der Waals surface area contributed by atoms with Crippen molar-refractivity contribution in [2.24, 2.45) is 0 Å². The maximum Gasteiger partial charge on any atom is 0.408 e. The van der Waals surface area contributed by atoms with E-state index in [9.17, 15) is 27.9 Å². The average molecular weight is 528 g/mol. The molecule has 0 aliphatic carbocycles. The highest BCUT2D eigenvalue weighted by Gasteiger charge is 2.45. The zero-order chi connectivity index (χ0) is 27.4. The number of hydrogen-bond donors (Lipinski definition) is 2. The van der Waals surface area contributed by atoms with Gasteiger partial charge in [0.05, 0.1) is 11.4 Å². The van der Waals surface area contributed by atoms with E-state index >= 15 is 0 Å². The lowest BCUT2D eigenvalue weighted by atomic mass is 9.97. The topological polar surface area (TPSA) is 135 Å². The lowest BCUT2D eigenvalue weighted by Gasteiger charge is -2.44. The number of carboxylic acid groups (broad SMARTS) is 1. The van der Waals surface area contributed by atoms with E-state index < -0.39 is 24.4 Å². The van der Waals surface area contributed by atoms with E-state index in [0.717, 1.165) is 9.58 Å². The normalized spacial score (nSPS) is 15.9. The Kier molecular flexibility index (Phi) is 5.76. The van der Waals surface area contributed by atoms with Gasteiger partial charge in [-0.15, -0.1) is 0 Å². The van der Waals surface area contributed by atoms with E-state index in [1.165, 1.54) is 28.0 Å². The largest absolute Gasteiger partial charge is 0.465 e. The number of carbonyl (C=O) groups excluding carboxylic acids is 1. The molecule has 0 spiro atoms. The number of nitrogen functional groups attached to an aromatic ring is 1. The van der Waals surface area contributed by atoms with Crippen molar-refractivity contribution in [1.82, 2.24) is 29.3 Å². The van der Waals surface area contributed by atoms with Gasteiger partial charge in [-0.2, -0.15) is 23.4 Å². The zero-order valence-corrected chi connectivity index (χ0v) is 20.3. The van der Waals surface area contributed by atoms with Crippen LogP contribution in [0.15, 0.2) is 48.9 Å². The molecule has 0 radical (unpaired) electrons. The van der Waals surface area contributed by atoms with Crippen molar-refractivity contribution >= 4 is 29.0 Å². The van der Waals surface area contributed by atoms with E-state index in [1.54, 1.807) is 44.2 Å². The molecule has 1 aliphatic heterocycles. The highest BCUT2D eigenvalue weighted by atomic mass is 19.4. The molecule has 14 heteroatoms. The molecule has 1 saturated heterocycles. The number of nitrogens with zero attached hydrogens (tertiary/aromatic N) is 7. The molecule has 3 aromatic heterocycles. The Morgan fingerprint density at radius 1 is 1.13 bits per heavy atom. The molecule has 4 aromatic rings. The Morgan fingerprint density at radius 2 is 1.89 bits per heavy atom. The Labute approximate surface area is 213 Å². The maximum absolute atomic E-state index is 13.3. The molecule has 2 amide bonds. The van der Waals surface area contributed by atoms with Gasteiger partial charge in [0.15, 0.2) is 5.82 Å². The standard InChI is InChI=1S/C24H23F3N8O3/c1-23(2)21(36)32(8-9-33(23)22(37)38)15-5-3-4-14(10-15)18-11-16(19-20(28)29-13-31-35(18)19)17-6-7-30-34(17)12-24(25,26)27/h3-7,10-11,13H,8-9,12H2,1-2H3,(H,37,38)(H2,28,29,31). The van der Waals surface area contributed by atoms with Gasteiger partial charge in [0.1, 0.15) is 23.9 Å². The lowest BCUT2D eigenvalue weighted by molar-refractivity contribution is -0.142. The number of halogens is 3. The number of nitrogens with two attached hydrogens (primary N) is 1. The van der Waals surface area contributed by atoms with Crippen LogP contribution in [0.25, 0.3) is 28.0 Å². The van der Waals surface area contributed by atoms with E-state index in [2.05, 4.69) is 15.2 Å². The summed E-state index contributed by atoms with van der Waals surface area (Å²) in [6.45, 7) is 2.10. The first-order valence-corrected chi connectivity index (χ1v) is 11.5. The molecule has 198 valence electrons. The van der Waals surface area contributed by atoms with Crippen molar-refractivity contribution in [1.29, 1.82) is 0 Å². The van der Waals surface area contributed by atoms with Crippen LogP contribution < -0.4 is 10.6 Å². The summed E-state index contributed by atoms with van der Waals surface area (Å²) in [5.41, 5.74) is 7.36. The van der Waals surface area contributed by atoms with Crippen molar-refractivity contribution in [3.8, 4) is 22.5 Å². The number of hydrogen-bond acceptors (Lipinski definition) is 6. The van der Waals surface area contributed by atoms with Crippen molar-refractivity contribution in [2.45, 2.75) is 32.1 Å². The van der Waals surface area contributed by atoms with Crippen LogP contribution in [0, 0.1) is 0 Å². The molecule has 38 heavy (non-hydrogen) atoms. The second kappa shape index (κ2) is 8.75. The third-order valence-electron chi connectivity index (χ3n) is 6.58. The predicted octanol–water partition coefficient (Wildman–Crippen LogP) is 3.51. The van der Waals surface area contributed by atoms with Gasteiger partial charge in [0, 0.05) is 36.1 Å². The number of aromatic nitrogens is 5. The van der Waals surface area contributed by atoms with Gasteiger partial charge in [-0.1, -0.05) is 12.1 Å². The van der Waals surface area contributed by atoms with Crippen molar-refractivity contribution in [3.63, 3.8) is 0 Å². The number of fused-ring (bicyclic) bond motifs is 1. The van der Waals surface area contributed by atoms with Crippen LogP contribution >= 0.6 is 0 Å². The Morgan fingerprint density at radius 3 is 2.61 bits per heavy atom. The average Bonchev–Trinajstić information content (AvgIpc) is 3.44. The summed E-state index contributed by atoms with van der Waals surface area (Å²) in [6.07, 6.45) is -3.15. The summed E-state index contributed by atoms with van der Waals surface area (Å²) in [7, 11) is 0. The van der Waals surface area contributed by atoms with Gasteiger partial charge in [-0.3, -0.25) is 14.4 Å². The minimum atomic E-state index is -4.49. The number of alkyl halides is 3. The second-order valence-corrected chi connectivity index (χ2v) is 9.34. The fourth-order valence-electron chi connectivity index (χ4n) is 4.77. The number of benzene rings is 1. The van der Waals surface area contributed by atoms with E-state index in [4.69, 9.17) is 5.73 Å². The Balaban J connectivity index is 1.60. The van der Waals surface area contributed by atoms with Crippen LogP contribution in [0.1, 0.15) is 13.8 Å². The summed E-state index contributed by atoms with van der Waals surface area (Å²) in [5, 5.41) is 17.6. The van der Waals surface area contributed by atoms with Gasteiger partial charge in [-0.25, -0.2) is 14.3 Å². The van der Waals surface area contributed by atoms with E-state index in [-0.39, 0.29) is 30.5 Å². The van der Waals surface area contributed by atoms with Gasteiger partial charge < -0.3 is 15.7 Å².